The van der Waals surface area contributed by atoms with Gasteiger partial charge in [0.1, 0.15) is 34.9 Å². The average molecular weight is 302 g/mol. The highest BCUT2D eigenvalue weighted by Gasteiger charge is 2.23. The summed E-state index contributed by atoms with van der Waals surface area (Å²) < 4.78 is 81.3. The maximum Gasteiger partial charge on any atom is 0.207 e. The number of rotatable bonds is 2. The lowest BCUT2D eigenvalue weighted by atomic mass is 9.62. The molecule has 7 heteroatoms. The summed E-state index contributed by atoms with van der Waals surface area (Å²) in [5, 5.41) is 0. The van der Waals surface area contributed by atoms with E-state index in [2.05, 4.69) is 0 Å². The minimum absolute atomic E-state index is 0.444. The second kappa shape index (κ2) is 5.46. The Morgan fingerprint density at radius 3 is 1.29 bits per heavy atom. The Labute approximate surface area is 117 Å². The van der Waals surface area contributed by atoms with Gasteiger partial charge in [0.2, 0.25) is 7.28 Å². The zero-order chi connectivity index (χ0) is 15.9. The third-order valence-electron chi connectivity index (χ3n) is 3.34. The predicted octanol–water partition coefficient (Wildman–Crippen LogP) is 2.53. The summed E-state index contributed by atoms with van der Waals surface area (Å²) in [6.07, 6.45) is 0. The molecule has 0 N–H and O–H groups in total. The lowest BCUT2D eigenvalue weighted by Crippen LogP contribution is -2.37. The molecule has 0 fully saturated rings. The van der Waals surface area contributed by atoms with Crippen molar-refractivity contribution in [3.05, 3.63) is 58.2 Å². The maximum atomic E-state index is 13.9. The number of halogens is 6. The molecule has 0 saturated carbocycles. The van der Waals surface area contributed by atoms with Gasteiger partial charge in [-0.25, -0.2) is 26.3 Å². The normalized spacial score (nSPS) is 10.9. The standard InChI is InChI=1S/C14H9BF6/c1-5-7(16)3-9(18)11(13(5)20)15-12-10(19)4-8(17)6(2)14(12)21/h3-4,15H,1-2H3. The van der Waals surface area contributed by atoms with Gasteiger partial charge >= 0.3 is 0 Å². The lowest BCUT2D eigenvalue weighted by molar-refractivity contribution is 0.540. The first-order valence-electron chi connectivity index (χ1n) is 6.00. The maximum absolute atomic E-state index is 13.9. The summed E-state index contributed by atoms with van der Waals surface area (Å²) in [5.74, 6) is -7.12. The van der Waals surface area contributed by atoms with Crippen molar-refractivity contribution in [1.82, 2.24) is 0 Å². The Morgan fingerprint density at radius 1 is 0.619 bits per heavy atom. The van der Waals surface area contributed by atoms with Gasteiger partial charge in [0.15, 0.2) is 0 Å². The molecule has 0 aliphatic heterocycles. The molecule has 0 amide bonds. The molecule has 2 aromatic carbocycles. The molecule has 0 bridgehead atoms. The summed E-state index contributed by atoms with van der Waals surface area (Å²) in [7, 11) is -0.780. The molecule has 0 aliphatic carbocycles. The molecule has 0 nitrogen and oxygen atoms in total. The second-order valence-electron chi connectivity index (χ2n) is 4.69. The molecule has 0 heterocycles. The first-order valence-corrected chi connectivity index (χ1v) is 6.00. The quantitative estimate of drug-likeness (QED) is 0.591. The predicted molar refractivity (Wildman–Crippen MR) is 68.5 cm³/mol. The third-order valence-corrected chi connectivity index (χ3v) is 3.34. The van der Waals surface area contributed by atoms with E-state index in [1.165, 1.54) is 0 Å². The molecule has 2 rings (SSSR count). The van der Waals surface area contributed by atoms with E-state index in [1.807, 2.05) is 0 Å². The van der Waals surface area contributed by atoms with E-state index >= 15 is 0 Å². The van der Waals surface area contributed by atoms with Crippen LogP contribution in [0.4, 0.5) is 26.3 Å². The molecule has 110 valence electrons. The van der Waals surface area contributed by atoms with Gasteiger partial charge in [-0.1, -0.05) is 0 Å². The van der Waals surface area contributed by atoms with Crippen molar-refractivity contribution in [2.75, 3.05) is 0 Å². The van der Waals surface area contributed by atoms with Crippen LogP contribution in [0.3, 0.4) is 0 Å². The highest BCUT2D eigenvalue weighted by molar-refractivity contribution is 6.67. The monoisotopic (exact) mass is 302 g/mol. The summed E-state index contributed by atoms with van der Waals surface area (Å²) >= 11 is 0. The summed E-state index contributed by atoms with van der Waals surface area (Å²) in [5.41, 5.74) is -2.24. The fourth-order valence-electron chi connectivity index (χ4n) is 1.99. The Morgan fingerprint density at radius 2 is 0.952 bits per heavy atom. The molecule has 21 heavy (non-hydrogen) atoms. The van der Waals surface area contributed by atoms with Crippen molar-refractivity contribution in [3.63, 3.8) is 0 Å². The zero-order valence-electron chi connectivity index (χ0n) is 11.1. The van der Waals surface area contributed by atoms with Gasteiger partial charge in [-0.15, -0.1) is 0 Å². The van der Waals surface area contributed by atoms with Gasteiger partial charge in [0.25, 0.3) is 0 Å². The zero-order valence-corrected chi connectivity index (χ0v) is 11.1. The Balaban J connectivity index is 2.59. The van der Waals surface area contributed by atoms with E-state index in [4.69, 9.17) is 0 Å². The van der Waals surface area contributed by atoms with Crippen molar-refractivity contribution in [2.45, 2.75) is 13.8 Å². The number of benzene rings is 2. The molecule has 0 atom stereocenters. The van der Waals surface area contributed by atoms with E-state index in [0.717, 1.165) is 13.8 Å². The van der Waals surface area contributed by atoms with E-state index in [-0.39, 0.29) is 0 Å². The number of hydrogen-bond donors (Lipinski definition) is 0. The van der Waals surface area contributed by atoms with Crippen molar-refractivity contribution in [2.24, 2.45) is 0 Å². The molecule has 0 unspecified atom stereocenters. The number of hydrogen-bond acceptors (Lipinski definition) is 0. The topological polar surface area (TPSA) is 0 Å². The molecule has 0 aliphatic rings. The summed E-state index contributed by atoms with van der Waals surface area (Å²) in [6, 6.07) is 0.889. The minimum Gasteiger partial charge on any atom is -0.207 e. The average Bonchev–Trinajstić information content (AvgIpc) is 2.42. The fourth-order valence-corrected chi connectivity index (χ4v) is 1.99. The Kier molecular flexibility index (Phi) is 4.03. The van der Waals surface area contributed by atoms with E-state index in [1.54, 1.807) is 0 Å². The molecule has 0 saturated heterocycles. The van der Waals surface area contributed by atoms with Crippen LogP contribution in [-0.4, -0.2) is 7.28 Å². The van der Waals surface area contributed by atoms with Crippen LogP contribution in [-0.2, 0) is 0 Å². The van der Waals surface area contributed by atoms with Crippen molar-refractivity contribution < 1.29 is 26.3 Å². The van der Waals surface area contributed by atoms with Crippen LogP contribution in [0.1, 0.15) is 11.1 Å². The molecule has 0 spiro atoms. The second-order valence-corrected chi connectivity index (χ2v) is 4.69. The Bertz CT molecular complexity index is 665. The van der Waals surface area contributed by atoms with Gasteiger partial charge in [-0.2, -0.15) is 0 Å². The van der Waals surface area contributed by atoms with Gasteiger partial charge in [0.05, 0.1) is 0 Å². The van der Waals surface area contributed by atoms with Crippen molar-refractivity contribution >= 4 is 18.2 Å². The van der Waals surface area contributed by atoms with Crippen molar-refractivity contribution in [3.8, 4) is 0 Å². The third kappa shape index (κ3) is 2.64. The van der Waals surface area contributed by atoms with Crippen LogP contribution in [0.15, 0.2) is 12.1 Å². The smallest absolute Gasteiger partial charge is 0.207 e. The van der Waals surface area contributed by atoms with Crippen LogP contribution >= 0.6 is 0 Å². The van der Waals surface area contributed by atoms with E-state index < -0.39 is 64.2 Å². The lowest BCUT2D eigenvalue weighted by Gasteiger charge is -2.11. The van der Waals surface area contributed by atoms with Crippen LogP contribution < -0.4 is 10.9 Å². The SMILES string of the molecule is Cc1c(F)cc(F)c(Bc2c(F)cc(F)c(C)c2F)c1F. The van der Waals surface area contributed by atoms with Crippen LogP contribution in [0.2, 0.25) is 0 Å². The van der Waals surface area contributed by atoms with E-state index in [0.29, 0.717) is 12.1 Å². The highest BCUT2D eigenvalue weighted by Crippen LogP contribution is 2.14. The molecular formula is C14H9BF6. The largest absolute Gasteiger partial charge is 0.207 e. The fraction of sp³-hybridized carbons (Fsp3) is 0.143. The van der Waals surface area contributed by atoms with Gasteiger partial charge in [-0.05, 0) is 24.8 Å². The van der Waals surface area contributed by atoms with Gasteiger partial charge < -0.3 is 0 Å². The first kappa shape index (κ1) is 15.5. The summed E-state index contributed by atoms with van der Waals surface area (Å²) in [6.45, 7) is 2.16. The minimum atomic E-state index is -1.25. The molecule has 0 radical (unpaired) electrons. The van der Waals surface area contributed by atoms with Crippen molar-refractivity contribution in [1.29, 1.82) is 0 Å². The highest BCUT2D eigenvalue weighted by atomic mass is 19.2. The Hall–Kier alpha value is -1.92. The van der Waals surface area contributed by atoms with Crippen LogP contribution in [0.5, 0.6) is 0 Å². The molecule has 2 aromatic rings. The first-order chi connectivity index (χ1) is 9.73. The van der Waals surface area contributed by atoms with Gasteiger partial charge in [-0.3, -0.25) is 0 Å². The molecular weight excluding hydrogens is 293 g/mol. The van der Waals surface area contributed by atoms with Gasteiger partial charge in [0, 0.05) is 23.3 Å². The van der Waals surface area contributed by atoms with Crippen LogP contribution in [0, 0.1) is 48.8 Å². The summed E-state index contributed by atoms with van der Waals surface area (Å²) in [4.78, 5) is 0. The molecule has 0 aromatic heterocycles. The van der Waals surface area contributed by atoms with Crippen LogP contribution in [0.25, 0.3) is 0 Å². The van der Waals surface area contributed by atoms with E-state index in [9.17, 15) is 26.3 Å².